The summed E-state index contributed by atoms with van der Waals surface area (Å²) in [7, 11) is 1.49. The van der Waals surface area contributed by atoms with Crippen LogP contribution in [0, 0.1) is 11.8 Å². The molecule has 0 radical (unpaired) electrons. The Bertz CT molecular complexity index is 997. The third-order valence-electron chi connectivity index (χ3n) is 6.90. The Balaban J connectivity index is 2.33. The fourth-order valence-electron chi connectivity index (χ4n) is 4.43. The predicted octanol–water partition coefficient (Wildman–Crippen LogP) is 1.49. The van der Waals surface area contributed by atoms with Crippen molar-refractivity contribution in [3.8, 4) is 0 Å². The minimum absolute atomic E-state index is 0.141. The second-order valence-corrected chi connectivity index (χ2v) is 11.1. The third-order valence-corrected chi connectivity index (χ3v) is 6.90. The molecule has 1 saturated heterocycles. The van der Waals surface area contributed by atoms with Crippen molar-refractivity contribution >= 4 is 29.5 Å². The van der Waals surface area contributed by atoms with E-state index in [0.717, 1.165) is 5.56 Å². The van der Waals surface area contributed by atoms with Crippen LogP contribution in [0.5, 0.6) is 0 Å². The summed E-state index contributed by atoms with van der Waals surface area (Å²) in [6.07, 6.45) is 1.72. The minimum Gasteiger partial charge on any atom is -0.354 e. The van der Waals surface area contributed by atoms with Crippen LogP contribution in [0.15, 0.2) is 30.3 Å². The molecule has 39 heavy (non-hydrogen) atoms. The molecule has 0 bridgehead atoms. The summed E-state index contributed by atoms with van der Waals surface area (Å²) in [5.74, 6) is -1.74. The van der Waals surface area contributed by atoms with Crippen LogP contribution in [0.2, 0.25) is 0 Å². The number of rotatable bonds is 6. The Kier molecular flexibility index (Phi) is 12.4. The average Bonchev–Trinajstić information content (AvgIpc) is 2.88. The van der Waals surface area contributed by atoms with Gasteiger partial charge in [-0.3, -0.25) is 24.0 Å². The number of likely N-dealkylation sites (N-methyl/N-ethyl adjacent to an activating group) is 1. The molecule has 10 heteroatoms. The highest BCUT2D eigenvalue weighted by molar-refractivity contribution is 5.94. The van der Waals surface area contributed by atoms with Gasteiger partial charge in [-0.1, -0.05) is 58.0 Å². The van der Waals surface area contributed by atoms with E-state index in [9.17, 15) is 24.0 Å². The first-order valence-corrected chi connectivity index (χ1v) is 13.9. The highest BCUT2D eigenvalue weighted by Gasteiger charge is 2.33. The Hall–Kier alpha value is -3.43. The summed E-state index contributed by atoms with van der Waals surface area (Å²) in [5, 5.41) is 8.44. The smallest absolute Gasteiger partial charge is 0.245 e. The van der Waals surface area contributed by atoms with Crippen LogP contribution in [0.1, 0.15) is 59.4 Å². The van der Waals surface area contributed by atoms with E-state index in [4.69, 9.17) is 0 Å². The van der Waals surface area contributed by atoms with E-state index in [2.05, 4.69) is 16.0 Å². The Morgan fingerprint density at radius 1 is 1.00 bits per heavy atom. The van der Waals surface area contributed by atoms with Crippen LogP contribution >= 0.6 is 0 Å². The maximum Gasteiger partial charge on any atom is 0.245 e. The predicted molar refractivity (Wildman–Crippen MR) is 149 cm³/mol. The van der Waals surface area contributed by atoms with E-state index < -0.39 is 35.8 Å². The monoisotopic (exact) mass is 543 g/mol. The van der Waals surface area contributed by atoms with Crippen molar-refractivity contribution in [1.82, 2.24) is 25.8 Å². The molecule has 3 N–H and O–H groups in total. The molecule has 1 fully saturated rings. The van der Waals surface area contributed by atoms with Crippen molar-refractivity contribution in [2.24, 2.45) is 11.8 Å². The molecular formula is C29H45N5O5. The van der Waals surface area contributed by atoms with E-state index in [1.54, 1.807) is 6.92 Å². The fourth-order valence-corrected chi connectivity index (χ4v) is 4.43. The zero-order valence-corrected chi connectivity index (χ0v) is 24.2. The molecule has 1 heterocycles. The molecule has 0 aromatic heterocycles. The minimum atomic E-state index is -0.873. The van der Waals surface area contributed by atoms with Crippen LogP contribution in [-0.4, -0.2) is 84.1 Å². The standard InChI is InChI=1S/C29H45N5O5/c1-19(2)13-14-25(36)34-16-10-15-30-28(38)23(17-22-11-8-7-9-12-22)31-24(35)18-33(6)29(39)26(20(3)4)32-27(37)21(34)5/h7-9,11-12,19-21,23,26H,10,13-18H2,1-6H3,(H,30,38)(H,31,35)(H,32,37)/t21-,23+,26+/m1/s1. The van der Waals surface area contributed by atoms with Gasteiger partial charge in [0.25, 0.3) is 0 Å². The van der Waals surface area contributed by atoms with Crippen LogP contribution in [-0.2, 0) is 30.4 Å². The van der Waals surface area contributed by atoms with Crippen LogP contribution in [0.3, 0.4) is 0 Å². The quantitative estimate of drug-likeness (QED) is 0.501. The molecule has 0 unspecified atom stereocenters. The number of carbonyl (C=O) groups excluding carboxylic acids is 5. The summed E-state index contributed by atoms with van der Waals surface area (Å²) in [4.78, 5) is 68.4. The number of nitrogens with zero attached hydrogens (tertiary/aromatic N) is 2. The molecule has 0 aliphatic carbocycles. The van der Waals surface area contributed by atoms with Gasteiger partial charge in [-0.05, 0) is 37.2 Å². The number of hydrogen-bond acceptors (Lipinski definition) is 5. The van der Waals surface area contributed by atoms with Gasteiger partial charge < -0.3 is 25.8 Å². The third kappa shape index (κ3) is 10.00. The van der Waals surface area contributed by atoms with Crippen molar-refractivity contribution < 1.29 is 24.0 Å². The highest BCUT2D eigenvalue weighted by atomic mass is 16.2. The number of benzene rings is 1. The summed E-state index contributed by atoms with van der Waals surface area (Å²) in [6, 6.07) is 6.86. The lowest BCUT2D eigenvalue weighted by Crippen LogP contribution is -2.57. The molecule has 216 valence electrons. The lowest BCUT2D eigenvalue weighted by Gasteiger charge is -2.32. The molecule has 0 saturated carbocycles. The summed E-state index contributed by atoms with van der Waals surface area (Å²) in [6.45, 7) is 9.61. The molecule has 0 spiro atoms. The van der Waals surface area contributed by atoms with Gasteiger partial charge in [-0.2, -0.15) is 0 Å². The summed E-state index contributed by atoms with van der Waals surface area (Å²) in [5.41, 5.74) is 0.884. The SMILES string of the molecule is CC(C)CCC(=O)N1CCCNC(=O)[C@H](Cc2ccccc2)NC(=O)CN(C)C(=O)[C@H](C(C)C)NC(=O)[C@H]1C. The molecule has 1 aliphatic heterocycles. The van der Waals surface area contributed by atoms with Crippen molar-refractivity contribution in [1.29, 1.82) is 0 Å². The fraction of sp³-hybridized carbons (Fsp3) is 0.621. The molecule has 10 nitrogen and oxygen atoms in total. The van der Waals surface area contributed by atoms with Crippen LogP contribution in [0.25, 0.3) is 0 Å². The molecule has 2 rings (SSSR count). The van der Waals surface area contributed by atoms with E-state index >= 15 is 0 Å². The largest absolute Gasteiger partial charge is 0.354 e. The Morgan fingerprint density at radius 2 is 1.67 bits per heavy atom. The lowest BCUT2D eigenvalue weighted by molar-refractivity contribution is -0.143. The van der Waals surface area contributed by atoms with Gasteiger partial charge >= 0.3 is 0 Å². The zero-order chi connectivity index (χ0) is 29.1. The Labute approximate surface area is 232 Å². The van der Waals surface area contributed by atoms with Gasteiger partial charge in [0.1, 0.15) is 18.1 Å². The van der Waals surface area contributed by atoms with Crippen molar-refractivity contribution in [3.05, 3.63) is 35.9 Å². The second kappa shape index (κ2) is 15.2. The van der Waals surface area contributed by atoms with Gasteiger partial charge in [0.15, 0.2) is 0 Å². The van der Waals surface area contributed by atoms with Crippen molar-refractivity contribution in [3.63, 3.8) is 0 Å². The topological polar surface area (TPSA) is 128 Å². The number of amides is 5. The molecule has 1 aromatic carbocycles. The van der Waals surface area contributed by atoms with E-state index in [1.807, 2.05) is 58.0 Å². The molecular weight excluding hydrogens is 498 g/mol. The van der Waals surface area contributed by atoms with Crippen molar-refractivity contribution in [2.45, 2.75) is 78.4 Å². The molecule has 5 amide bonds. The first kappa shape index (κ1) is 31.8. The maximum absolute atomic E-state index is 13.3. The lowest BCUT2D eigenvalue weighted by atomic mass is 10.0. The normalized spacial score (nSPS) is 22.5. The molecule has 3 atom stereocenters. The summed E-state index contributed by atoms with van der Waals surface area (Å²) >= 11 is 0. The first-order valence-electron chi connectivity index (χ1n) is 13.9. The van der Waals surface area contributed by atoms with Gasteiger partial charge in [-0.15, -0.1) is 0 Å². The van der Waals surface area contributed by atoms with Crippen LogP contribution in [0.4, 0.5) is 0 Å². The molecule has 1 aromatic rings. The first-order chi connectivity index (χ1) is 18.4. The highest BCUT2D eigenvalue weighted by Crippen LogP contribution is 2.13. The van der Waals surface area contributed by atoms with E-state index in [-0.39, 0.29) is 43.8 Å². The van der Waals surface area contributed by atoms with Crippen LogP contribution < -0.4 is 16.0 Å². The zero-order valence-electron chi connectivity index (χ0n) is 24.2. The van der Waals surface area contributed by atoms with Gasteiger partial charge in [-0.25, -0.2) is 0 Å². The Morgan fingerprint density at radius 3 is 2.28 bits per heavy atom. The summed E-state index contributed by atoms with van der Waals surface area (Å²) < 4.78 is 0. The molecule has 1 aliphatic rings. The number of carbonyl (C=O) groups is 5. The maximum atomic E-state index is 13.3. The number of nitrogens with one attached hydrogen (secondary N) is 3. The van der Waals surface area contributed by atoms with E-state index in [0.29, 0.717) is 25.2 Å². The number of hydrogen-bond donors (Lipinski definition) is 3. The van der Waals surface area contributed by atoms with Crippen molar-refractivity contribution in [2.75, 3.05) is 26.7 Å². The second-order valence-electron chi connectivity index (χ2n) is 11.1. The van der Waals surface area contributed by atoms with Gasteiger partial charge in [0, 0.05) is 33.0 Å². The van der Waals surface area contributed by atoms with Gasteiger partial charge in [0.2, 0.25) is 29.5 Å². The average molecular weight is 544 g/mol. The van der Waals surface area contributed by atoms with E-state index in [1.165, 1.54) is 16.8 Å². The van der Waals surface area contributed by atoms with Gasteiger partial charge in [0.05, 0.1) is 6.54 Å².